The van der Waals surface area contributed by atoms with Crippen LogP contribution in [-0.4, -0.2) is 54.1 Å². The van der Waals surface area contributed by atoms with E-state index in [4.69, 9.17) is 5.11 Å². The predicted octanol–water partition coefficient (Wildman–Crippen LogP) is 5.07. The second kappa shape index (κ2) is 13.4. The van der Waals surface area contributed by atoms with Gasteiger partial charge in [-0.15, -0.1) is 0 Å². The second-order valence-corrected chi connectivity index (χ2v) is 12.1. The Kier molecular flexibility index (Phi) is 9.93. The average Bonchev–Trinajstić information content (AvgIpc) is 3.39. The molecule has 40 heavy (non-hydrogen) atoms. The number of hydrogen-bond acceptors (Lipinski definition) is 6. The summed E-state index contributed by atoms with van der Waals surface area (Å²) in [4.78, 5) is 30.3. The summed E-state index contributed by atoms with van der Waals surface area (Å²) < 4.78 is 0. The van der Waals surface area contributed by atoms with Crippen molar-refractivity contribution in [3.05, 3.63) is 72.1 Å². The van der Waals surface area contributed by atoms with E-state index in [1.807, 2.05) is 31.6 Å². The highest BCUT2D eigenvalue weighted by atomic mass is 16.3. The van der Waals surface area contributed by atoms with Gasteiger partial charge >= 0.3 is 0 Å². The molecule has 1 aromatic heterocycles. The van der Waals surface area contributed by atoms with Crippen LogP contribution in [0.2, 0.25) is 0 Å². The number of carbonyl (C=O) groups excluding carboxylic acids is 2. The van der Waals surface area contributed by atoms with Crippen molar-refractivity contribution in [1.29, 1.82) is 0 Å². The largest absolute Gasteiger partial charge is 0.392 e. The van der Waals surface area contributed by atoms with Crippen LogP contribution in [0.15, 0.2) is 60.9 Å². The Balaban J connectivity index is 0.000000398. The number of carbonyl (C=O) groups is 2. The van der Waals surface area contributed by atoms with Crippen molar-refractivity contribution in [2.24, 2.45) is 0 Å². The third-order valence-electron chi connectivity index (χ3n) is 8.03. The van der Waals surface area contributed by atoms with Gasteiger partial charge in [0.25, 0.3) is 0 Å². The Hall–Kier alpha value is -3.29. The van der Waals surface area contributed by atoms with Crippen LogP contribution in [0.5, 0.6) is 0 Å². The number of aliphatic hydroxyl groups is 1. The summed E-state index contributed by atoms with van der Waals surface area (Å²) in [5.41, 5.74) is 3.34. The number of nitrogens with one attached hydrogen (secondary N) is 2. The first-order valence-corrected chi connectivity index (χ1v) is 14.5. The van der Waals surface area contributed by atoms with Gasteiger partial charge in [0, 0.05) is 48.7 Å². The molecule has 2 aromatic carbocycles. The molecule has 3 N–H and O–H groups in total. The fourth-order valence-corrected chi connectivity index (χ4v) is 5.61. The molecule has 7 heteroatoms. The van der Waals surface area contributed by atoms with E-state index in [1.165, 1.54) is 24.8 Å². The Morgan fingerprint density at radius 2 is 1.77 bits per heavy atom. The van der Waals surface area contributed by atoms with Gasteiger partial charge in [0.05, 0.1) is 12.1 Å². The third kappa shape index (κ3) is 7.46. The fraction of sp³-hybridized carbons (Fsp3) is 0.485. The van der Waals surface area contributed by atoms with E-state index >= 15 is 0 Å². The topological polar surface area (TPSA) is 94.6 Å². The Bertz CT molecular complexity index is 1260. The van der Waals surface area contributed by atoms with Gasteiger partial charge < -0.3 is 25.4 Å². The van der Waals surface area contributed by atoms with Gasteiger partial charge in [-0.1, -0.05) is 76.4 Å². The van der Waals surface area contributed by atoms with Gasteiger partial charge in [0.15, 0.2) is 0 Å². The summed E-state index contributed by atoms with van der Waals surface area (Å²) in [6.07, 6.45) is 10.6. The first-order chi connectivity index (χ1) is 19.2. The van der Waals surface area contributed by atoms with E-state index in [-0.39, 0.29) is 29.5 Å². The van der Waals surface area contributed by atoms with E-state index in [9.17, 15) is 9.59 Å². The van der Waals surface area contributed by atoms with Crippen LogP contribution in [0, 0.1) is 0 Å². The fourth-order valence-electron chi connectivity index (χ4n) is 5.61. The van der Waals surface area contributed by atoms with Crippen LogP contribution in [-0.2, 0) is 15.0 Å². The number of amides is 1. The highest BCUT2D eigenvalue weighted by Gasteiger charge is 2.30. The number of pyridine rings is 1. The maximum atomic E-state index is 13.7. The molecule has 0 spiro atoms. The lowest BCUT2D eigenvalue weighted by molar-refractivity contribution is -0.123. The van der Waals surface area contributed by atoms with Crippen molar-refractivity contribution in [3.8, 4) is 0 Å². The number of likely N-dealkylation sites (N-methyl/N-ethyl adjacent to an activating group) is 1. The molecule has 1 saturated carbocycles. The number of benzene rings is 2. The smallest absolute Gasteiger partial charge is 0.247 e. The van der Waals surface area contributed by atoms with Crippen molar-refractivity contribution in [2.75, 3.05) is 18.5 Å². The lowest BCUT2D eigenvalue weighted by atomic mass is 9.87. The molecular weight excluding hydrogens is 500 g/mol. The summed E-state index contributed by atoms with van der Waals surface area (Å²) in [6.45, 7) is 7.21. The predicted molar refractivity (Wildman–Crippen MR) is 162 cm³/mol. The molecular formula is C33H44N4O3. The molecule has 5 rings (SSSR count). The van der Waals surface area contributed by atoms with E-state index in [0.29, 0.717) is 13.0 Å². The summed E-state index contributed by atoms with van der Waals surface area (Å²) in [6, 6.07) is 16.5. The first kappa shape index (κ1) is 29.7. The normalized spacial score (nSPS) is 20.3. The molecule has 7 nitrogen and oxygen atoms in total. The summed E-state index contributed by atoms with van der Waals surface area (Å²) >= 11 is 0. The zero-order chi connectivity index (χ0) is 28.7. The van der Waals surface area contributed by atoms with Crippen molar-refractivity contribution in [2.45, 2.75) is 88.9 Å². The van der Waals surface area contributed by atoms with Crippen molar-refractivity contribution >= 4 is 28.7 Å². The zero-order valence-electron chi connectivity index (χ0n) is 24.3. The van der Waals surface area contributed by atoms with Gasteiger partial charge in [0.1, 0.15) is 12.3 Å². The molecule has 1 aliphatic carbocycles. The third-order valence-corrected chi connectivity index (χ3v) is 8.03. The molecule has 1 saturated heterocycles. The maximum Gasteiger partial charge on any atom is 0.247 e. The number of nitrogens with zero attached hydrogens (tertiary/aromatic N) is 2. The van der Waals surface area contributed by atoms with Crippen LogP contribution in [0.1, 0.15) is 76.5 Å². The quantitative estimate of drug-likeness (QED) is 0.375. The molecule has 214 valence electrons. The average molecular weight is 545 g/mol. The second-order valence-electron chi connectivity index (χ2n) is 12.1. The van der Waals surface area contributed by atoms with E-state index < -0.39 is 6.04 Å². The minimum atomic E-state index is -0.448. The van der Waals surface area contributed by atoms with Gasteiger partial charge in [-0.3, -0.25) is 9.78 Å². The van der Waals surface area contributed by atoms with Crippen LogP contribution < -0.4 is 15.5 Å². The van der Waals surface area contributed by atoms with Gasteiger partial charge in [-0.2, -0.15) is 0 Å². The van der Waals surface area contributed by atoms with Gasteiger partial charge in [-0.05, 0) is 47.8 Å². The number of β-amino-alcohol motifs (C(OH)–C–C–N with tert-alkyl or cyclic N) is 1. The number of rotatable bonds is 6. The maximum absolute atomic E-state index is 13.7. The number of aromatic nitrogens is 1. The Labute approximate surface area is 238 Å². The standard InChI is InChI=1S/C28H35N3O.C5H9NO2/c1-28(2,3)21-14-16-23(17-15-21)31(4)26(27(32)30-22-11-6-5-7-12-22)25-19-29-18-20-10-8-9-13-24(20)25;7-3-4-1-5(8)2-6-4/h8-10,13-19,22,26H,5-7,11-12H2,1-4H3,(H,30,32);3-6,8H,1-2H2. The number of hydrogen-bond donors (Lipinski definition) is 3. The zero-order valence-corrected chi connectivity index (χ0v) is 24.3. The monoisotopic (exact) mass is 544 g/mol. The minimum absolute atomic E-state index is 0.0532. The Morgan fingerprint density at radius 3 is 2.38 bits per heavy atom. The summed E-state index contributed by atoms with van der Waals surface area (Å²) in [7, 11) is 2.01. The summed E-state index contributed by atoms with van der Waals surface area (Å²) in [5.74, 6) is 0.0532. The molecule has 3 atom stereocenters. The van der Waals surface area contributed by atoms with Gasteiger partial charge in [0.2, 0.25) is 5.91 Å². The van der Waals surface area contributed by atoms with E-state index in [0.717, 1.165) is 41.2 Å². The van der Waals surface area contributed by atoms with Crippen molar-refractivity contribution in [3.63, 3.8) is 0 Å². The Morgan fingerprint density at radius 1 is 1.07 bits per heavy atom. The molecule has 0 radical (unpaired) electrons. The van der Waals surface area contributed by atoms with E-state index in [2.05, 4.69) is 77.7 Å². The highest BCUT2D eigenvalue weighted by Crippen LogP contribution is 2.32. The molecule has 0 bridgehead atoms. The van der Waals surface area contributed by atoms with Gasteiger partial charge in [-0.25, -0.2) is 0 Å². The molecule has 3 aromatic rings. The molecule has 2 heterocycles. The van der Waals surface area contributed by atoms with Crippen LogP contribution in [0.4, 0.5) is 5.69 Å². The minimum Gasteiger partial charge on any atom is -0.392 e. The number of aldehydes is 1. The SMILES string of the molecule is CN(c1ccc(C(C)(C)C)cc1)C(C(=O)NC1CCCCC1)c1cncc2ccccc12.O=CC1CC(O)CN1. The molecule has 3 unspecified atom stereocenters. The van der Waals surface area contributed by atoms with E-state index in [1.54, 1.807) is 0 Å². The molecule has 1 aliphatic heterocycles. The lowest BCUT2D eigenvalue weighted by Crippen LogP contribution is -2.44. The highest BCUT2D eigenvalue weighted by molar-refractivity contribution is 5.94. The number of aliphatic hydroxyl groups excluding tert-OH is 1. The first-order valence-electron chi connectivity index (χ1n) is 14.5. The van der Waals surface area contributed by atoms with Crippen molar-refractivity contribution in [1.82, 2.24) is 15.6 Å². The molecule has 1 amide bonds. The van der Waals surface area contributed by atoms with Crippen LogP contribution in [0.25, 0.3) is 10.8 Å². The number of fused-ring (bicyclic) bond motifs is 1. The number of anilines is 1. The van der Waals surface area contributed by atoms with Crippen LogP contribution >= 0.6 is 0 Å². The van der Waals surface area contributed by atoms with Crippen molar-refractivity contribution < 1.29 is 14.7 Å². The van der Waals surface area contributed by atoms with Crippen LogP contribution in [0.3, 0.4) is 0 Å². The lowest BCUT2D eigenvalue weighted by Gasteiger charge is -2.33. The summed E-state index contributed by atoms with van der Waals surface area (Å²) in [5, 5.41) is 17.1. The molecule has 2 aliphatic rings. The molecule has 2 fully saturated rings.